The lowest BCUT2D eigenvalue weighted by molar-refractivity contribution is 0.289. The number of methoxy groups -OCH3 is 1. The highest BCUT2D eigenvalue weighted by Gasteiger charge is 2.07. The van der Waals surface area contributed by atoms with Crippen LogP contribution < -0.4 is 4.74 Å². The molecule has 0 fully saturated rings. The summed E-state index contributed by atoms with van der Waals surface area (Å²) in [6.07, 6.45) is 1.18. The Morgan fingerprint density at radius 1 is 1.17 bits per heavy atom. The Hall–Kier alpha value is -0.580. The molecule has 0 N–H and O–H groups in total. The minimum atomic E-state index is 0.913. The fourth-order valence-corrected chi connectivity index (χ4v) is 2.31. The van der Waals surface area contributed by atoms with Crippen LogP contribution in [-0.2, 0) is 6.54 Å². The molecule has 18 heavy (non-hydrogen) atoms. The van der Waals surface area contributed by atoms with E-state index in [9.17, 15) is 0 Å². The molecule has 0 radical (unpaired) electrons. The molecule has 4 heteroatoms. The van der Waals surface area contributed by atoms with E-state index in [0.717, 1.165) is 29.9 Å². The zero-order chi connectivity index (χ0) is 13.5. The smallest absolute Gasteiger partial charge is 0.123 e. The Labute approximate surface area is 119 Å². The zero-order valence-electron chi connectivity index (χ0n) is 11.7. The normalized spacial score (nSPS) is 11.3. The zero-order valence-corrected chi connectivity index (χ0v) is 13.3. The summed E-state index contributed by atoms with van der Waals surface area (Å²) < 4.78 is 6.49. The Morgan fingerprint density at radius 2 is 1.89 bits per heavy atom. The van der Waals surface area contributed by atoms with Crippen molar-refractivity contribution >= 4 is 15.9 Å². The fraction of sp³-hybridized carbons (Fsp3) is 0.571. The van der Waals surface area contributed by atoms with E-state index in [-0.39, 0.29) is 0 Å². The van der Waals surface area contributed by atoms with Crippen LogP contribution >= 0.6 is 15.9 Å². The van der Waals surface area contributed by atoms with Gasteiger partial charge in [0, 0.05) is 16.6 Å². The van der Waals surface area contributed by atoms with Gasteiger partial charge in [0.1, 0.15) is 5.75 Å². The van der Waals surface area contributed by atoms with Crippen molar-refractivity contribution in [1.82, 2.24) is 9.80 Å². The first-order valence-electron chi connectivity index (χ1n) is 6.18. The van der Waals surface area contributed by atoms with Crippen molar-refractivity contribution in [2.24, 2.45) is 0 Å². The van der Waals surface area contributed by atoms with E-state index in [2.05, 4.69) is 52.9 Å². The number of benzene rings is 1. The minimum Gasteiger partial charge on any atom is -0.496 e. The molecule has 0 bridgehead atoms. The van der Waals surface area contributed by atoms with Crippen molar-refractivity contribution in [3.8, 4) is 5.75 Å². The molecule has 0 aliphatic carbocycles. The molecule has 0 aromatic heterocycles. The third kappa shape index (κ3) is 5.38. The highest BCUT2D eigenvalue weighted by Crippen LogP contribution is 2.23. The molecule has 1 rings (SSSR count). The van der Waals surface area contributed by atoms with Gasteiger partial charge in [0.05, 0.1) is 7.11 Å². The molecular weight excluding hydrogens is 292 g/mol. The van der Waals surface area contributed by atoms with Crippen molar-refractivity contribution in [3.63, 3.8) is 0 Å². The molecule has 0 heterocycles. The first kappa shape index (κ1) is 15.5. The molecule has 0 aliphatic rings. The van der Waals surface area contributed by atoms with Crippen LogP contribution in [0, 0.1) is 0 Å². The standard InChI is InChI=1S/C14H23BrN2O/c1-16(2)8-5-9-17(3)11-12-10-13(15)6-7-14(12)18-4/h6-7,10H,5,8-9,11H2,1-4H3. The average molecular weight is 315 g/mol. The molecule has 0 aliphatic heterocycles. The minimum absolute atomic E-state index is 0.913. The van der Waals surface area contributed by atoms with E-state index in [1.165, 1.54) is 12.0 Å². The molecule has 3 nitrogen and oxygen atoms in total. The maximum Gasteiger partial charge on any atom is 0.123 e. The van der Waals surface area contributed by atoms with Gasteiger partial charge in [0.2, 0.25) is 0 Å². The quantitative estimate of drug-likeness (QED) is 0.769. The summed E-state index contributed by atoms with van der Waals surface area (Å²) in [6, 6.07) is 6.14. The van der Waals surface area contributed by atoms with E-state index in [4.69, 9.17) is 4.74 Å². The molecule has 0 saturated heterocycles. The number of halogens is 1. The third-order valence-electron chi connectivity index (χ3n) is 2.83. The van der Waals surface area contributed by atoms with Gasteiger partial charge in [-0.1, -0.05) is 15.9 Å². The molecule has 0 amide bonds. The van der Waals surface area contributed by atoms with Crippen molar-refractivity contribution < 1.29 is 4.74 Å². The van der Waals surface area contributed by atoms with Crippen LogP contribution in [-0.4, -0.2) is 51.1 Å². The van der Waals surface area contributed by atoms with Crippen molar-refractivity contribution in [3.05, 3.63) is 28.2 Å². The number of hydrogen-bond acceptors (Lipinski definition) is 3. The Morgan fingerprint density at radius 3 is 2.50 bits per heavy atom. The van der Waals surface area contributed by atoms with Crippen molar-refractivity contribution in [2.45, 2.75) is 13.0 Å². The van der Waals surface area contributed by atoms with Crippen molar-refractivity contribution in [2.75, 3.05) is 41.3 Å². The fourth-order valence-electron chi connectivity index (χ4n) is 1.90. The number of hydrogen-bond donors (Lipinski definition) is 0. The number of nitrogens with zero attached hydrogens (tertiary/aromatic N) is 2. The van der Waals surface area contributed by atoms with Gasteiger partial charge < -0.3 is 14.5 Å². The summed E-state index contributed by atoms with van der Waals surface area (Å²) in [5, 5.41) is 0. The van der Waals surface area contributed by atoms with Gasteiger partial charge >= 0.3 is 0 Å². The van der Waals surface area contributed by atoms with Crippen LogP contribution in [0.4, 0.5) is 0 Å². The van der Waals surface area contributed by atoms with Gasteiger partial charge in [-0.25, -0.2) is 0 Å². The summed E-state index contributed by atoms with van der Waals surface area (Å²) >= 11 is 3.51. The predicted octanol–water partition coefficient (Wildman–Crippen LogP) is 2.84. The summed E-state index contributed by atoms with van der Waals surface area (Å²) in [5.41, 5.74) is 1.22. The molecule has 0 atom stereocenters. The highest BCUT2D eigenvalue weighted by atomic mass is 79.9. The van der Waals surface area contributed by atoms with Crippen LogP contribution in [0.3, 0.4) is 0 Å². The summed E-state index contributed by atoms with van der Waals surface area (Å²) in [6.45, 7) is 3.13. The van der Waals surface area contributed by atoms with Gasteiger partial charge in [-0.15, -0.1) is 0 Å². The van der Waals surface area contributed by atoms with E-state index < -0.39 is 0 Å². The molecular formula is C14H23BrN2O. The lowest BCUT2D eigenvalue weighted by Gasteiger charge is -2.19. The second kappa shape index (κ2) is 7.77. The molecule has 0 spiro atoms. The second-order valence-electron chi connectivity index (χ2n) is 4.85. The Balaban J connectivity index is 2.52. The van der Waals surface area contributed by atoms with Gasteiger partial charge in [-0.3, -0.25) is 0 Å². The second-order valence-corrected chi connectivity index (χ2v) is 5.77. The first-order valence-corrected chi connectivity index (χ1v) is 6.98. The maximum atomic E-state index is 5.39. The molecule has 0 unspecified atom stereocenters. The Kier molecular flexibility index (Phi) is 6.68. The lowest BCUT2D eigenvalue weighted by Crippen LogP contribution is -2.23. The molecule has 102 valence electrons. The van der Waals surface area contributed by atoms with E-state index >= 15 is 0 Å². The topological polar surface area (TPSA) is 15.7 Å². The van der Waals surface area contributed by atoms with Crippen molar-refractivity contribution in [1.29, 1.82) is 0 Å². The SMILES string of the molecule is COc1ccc(Br)cc1CN(C)CCCN(C)C. The largest absolute Gasteiger partial charge is 0.496 e. The van der Waals surface area contributed by atoms with E-state index in [0.29, 0.717) is 0 Å². The Bertz CT molecular complexity index is 369. The first-order chi connectivity index (χ1) is 8.52. The van der Waals surface area contributed by atoms with Crippen LogP contribution in [0.2, 0.25) is 0 Å². The van der Waals surface area contributed by atoms with Gasteiger partial charge in [0.25, 0.3) is 0 Å². The van der Waals surface area contributed by atoms with E-state index in [1.54, 1.807) is 7.11 Å². The predicted molar refractivity (Wildman–Crippen MR) is 80.2 cm³/mol. The number of rotatable bonds is 7. The molecule has 1 aromatic carbocycles. The number of ether oxygens (including phenoxy) is 1. The van der Waals surface area contributed by atoms with Gasteiger partial charge in [-0.2, -0.15) is 0 Å². The monoisotopic (exact) mass is 314 g/mol. The summed E-state index contributed by atoms with van der Waals surface area (Å²) in [5.74, 6) is 0.956. The summed E-state index contributed by atoms with van der Waals surface area (Å²) in [7, 11) is 8.09. The van der Waals surface area contributed by atoms with Gasteiger partial charge in [-0.05, 0) is 58.9 Å². The van der Waals surface area contributed by atoms with E-state index in [1.807, 2.05) is 12.1 Å². The van der Waals surface area contributed by atoms with Crippen LogP contribution in [0.1, 0.15) is 12.0 Å². The summed E-state index contributed by atoms with van der Waals surface area (Å²) in [4.78, 5) is 4.54. The van der Waals surface area contributed by atoms with Crippen LogP contribution in [0.15, 0.2) is 22.7 Å². The van der Waals surface area contributed by atoms with Gasteiger partial charge in [0.15, 0.2) is 0 Å². The van der Waals surface area contributed by atoms with Crippen LogP contribution in [0.5, 0.6) is 5.75 Å². The van der Waals surface area contributed by atoms with Crippen LogP contribution in [0.25, 0.3) is 0 Å². The highest BCUT2D eigenvalue weighted by molar-refractivity contribution is 9.10. The average Bonchev–Trinajstić information content (AvgIpc) is 2.28. The third-order valence-corrected chi connectivity index (χ3v) is 3.32. The molecule has 0 saturated carbocycles. The molecule has 1 aromatic rings. The maximum absolute atomic E-state index is 5.39. The lowest BCUT2D eigenvalue weighted by atomic mass is 10.2.